The molecule has 0 aliphatic heterocycles. The van der Waals surface area contributed by atoms with Gasteiger partial charge in [0.1, 0.15) is 5.82 Å². The van der Waals surface area contributed by atoms with E-state index in [-0.39, 0.29) is 18.2 Å². The molecule has 1 aromatic heterocycles. The zero-order chi connectivity index (χ0) is 16.7. The van der Waals surface area contributed by atoms with E-state index in [9.17, 15) is 9.59 Å². The molecule has 0 fully saturated rings. The number of hydrogen-bond donors (Lipinski definition) is 1. The molecule has 0 aliphatic carbocycles. The van der Waals surface area contributed by atoms with E-state index in [4.69, 9.17) is 11.6 Å². The van der Waals surface area contributed by atoms with E-state index in [1.54, 1.807) is 24.1 Å². The highest BCUT2D eigenvalue weighted by molar-refractivity contribution is 6.30. The maximum Gasteiger partial charge on any atom is 0.226 e. The largest absolute Gasteiger partial charge is 0.316 e. The van der Waals surface area contributed by atoms with E-state index in [0.29, 0.717) is 23.7 Å². The first kappa shape index (κ1) is 17.0. The summed E-state index contributed by atoms with van der Waals surface area (Å²) < 4.78 is 0. The molecule has 0 aliphatic rings. The maximum atomic E-state index is 12.1. The molecule has 5 nitrogen and oxygen atoms in total. The Morgan fingerprint density at radius 3 is 2.61 bits per heavy atom. The molecule has 0 spiro atoms. The number of pyridine rings is 1. The molecule has 1 aromatic carbocycles. The quantitative estimate of drug-likeness (QED) is 0.881. The summed E-state index contributed by atoms with van der Waals surface area (Å²) in [6.45, 7) is 0. The first-order chi connectivity index (χ1) is 11.1. The van der Waals surface area contributed by atoms with Crippen LogP contribution < -0.4 is 10.2 Å². The van der Waals surface area contributed by atoms with E-state index in [2.05, 4.69) is 10.3 Å². The highest BCUT2D eigenvalue weighted by Crippen LogP contribution is 2.14. The van der Waals surface area contributed by atoms with Crippen molar-refractivity contribution in [3.05, 3.63) is 53.7 Å². The van der Waals surface area contributed by atoms with Crippen LogP contribution in [0.4, 0.5) is 11.5 Å². The van der Waals surface area contributed by atoms with Crippen molar-refractivity contribution in [2.45, 2.75) is 19.3 Å². The van der Waals surface area contributed by atoms with Crippen LogP contribution in [-0.2, 0) is 9.59 Å². The topological polar surface area (TPSA) is 62.3 Å². The Morgan fingerprint density at radius 2 is 1.91 bits per heavy atom. The fourth-order valence-corrected chi connectivity index (χ4v) is 2.20. The number of benzene rings is 1. The molecule has 0 bridgehead atoms. The van der Waals surface area contributed by atoms with Gasteiger partial charge in [-0.1, -0.05) is 29.8 Å². The average Bonchev–Trinajstić information content (AvgIpc) is 2.55. The number of carbonyl (C=O) groups is 2. The number of aromatic nitrogens is 1. The second-order valence-electron chi connectivity index (χ2n) is 5.05. The van der Waals surface area contributed by atoms with Gasteiger partial charge in [-0.25, -0.2) is 4.98 Å². The van der Waals surface area contributed by atoms with Gasteiger partial charge in [-0.3, -0.25) is 9.59 Å². The Bertz CT molecular complexity index is 677. The Labute approximate surface area is 140 Å². The number of nitrogens with one attached hydrogen (secondary N) is 1. The number of para-hydroxylation sites is 1. The summed E-state index contributed by atoms with van der Waals surface area (Å²) in [5, 5.41) is 3.17. The third-order valence-corrected chi connectivity index (χ3v) is 3.54. The molecule has 0 radical (unpaired) electrons. The van der Waals surface area contributed by atoms with Crippen LogP contribution in [0.5, 0.6) is 0 Å². The molecular weight excluding hydrogens is 314 g/mol. The Kier molecular flexibility index (Phi) is 6.11. The average molecular weight is 332 g/mol. The Morgan fingerprint density at radius 1 is 1.17 bits per heavy atom. The highest BCUT2D eigenvalue weighted by atomic mass is 35.5. The van der Waals surface area contributed by atoms with Gasteiger partial charge in [0, 0.05) is 36.8 Å². The summed E-state index contributed by atoms with van der Waals surface area (Å²) in [5.74, 6) is 0.204. The zero-order valence-corrected chi connectivity index (χ0v) is 13.6. The van der Waals surface area contributed by atoms with Crippen molar-refractivity contribution in [1.29, 1.82) is 0 Å². The van der Waals surface area contributed by atoms with E-state index in [1.165, 1.54) is 6.20 Å². The van der Waals surface area contributed by atoms with Gasteiger partial charge in [-0.05, 0) is 30.7 Å². The van der Waals surface area contributed by atoms with Crippen molar-refractivity contribution in [3.63, 3.8) is 0 Å². The Hall–Kier alpha value is -2.40. The van der Waals surface area contributed by atoms with Gasteiger partial charge in [0.2, 0.25) is 11.8 Å². The highest BCUT2D eigenvalue weighted by Gasteiger charge is 2.11. The summed E-state index contributed by atoms with van der Waals surface area (Å²) in [6, 6.07) is 12.6. The molecule has 0 saturated heterocycles. The summed E-state index contributed by atoms with van der Waals surface area (Å²) in [7, 11) is 1.73. The summed E-state index contributed by atoms with van der Waals surface area (Å²) in [6.07, 6.45) is 2.56. The number of rotatable bonds is 6. The SMILES string of the molecule is CN(C(=O)CCCC(=O)Nc1cc(Cl)ccn1)c1ccccc1. The minimum atomic E-state index is -0.185. The number of nitrogens with zero attached hydrogens (tertiary/aromatic N) is 2. The van der Waals surface area contributed by atoms with Crippen molar-refractivity contribution < 1.29 is 9.59 Å². The molecule has 23 heavy (non-hydrogen) atoms. The first-order valence-corrected chi connectivity index (χ1v) is 7.67. The van der Waals surface area contributed by atoms with Crippen LogP contribution in [0.1, 0.15) is 19.3 Å². The molecule has 0 saturated carbocycles. The van der Waals surface area contributed by atoms with Crippen molar-refractivity contribution >= 4 is 34.9 Å². The molecule has 0 atom stereocenters. The van der Waals surface area contributed by atoms with Crippen LogP contribution in [0.2, 0.25) is 5.02 Å². The van der Waals surface area contributed by atoms with Crippen molar-refractivity contribution in [2.75, 3.05) is 17.3 Å². The van der Waals surface area contributed by atoms with E-state index >= 15 is 0 Å². The zero-order valence-electron chi connectivity index (χ0n) is 12.8. The fraction of sp³-hybridized carbons (Fsp3) is 0.235. The first-order valence-electron chi connectivity index (χ1n) is 7.29. The second-order valence-corrected chi connectivity index (χ2v) is 5.49. The van der Waals surface area contributed by atoms with Crippen molar-refractivity contribution in [3.8, 4) is 0 Å². The molecule has 1 N–H and O–H groups in total. The summed E-state index contributed by atoms with van der Waals surface area (Å²) in [4.78, 5) is 29.5. The smallest absolute Gasteiger partial charge is 0.226 e. The Balaban J connectivity index is 1.76. The monoisotopic (exact) mass is 331 g/mol. The van der Waals surface area contributed by atoms with Crippen LogP contribution in [0, 0.1) is 0 Å². The van der Waals surface area contributed by atoms with E-state index in [1.807, 2.05) is 30.3 Å². The molecule has 6 heteroatoms. The standard InChI is InChI=1S/C17H18ClN3O2/c1-21(14-6-3-2-4-7-14)17(23)9-5-8-16(22)20-15-12-13(18)10-11-19-15/h2-4,6-7,10-12H,5,8-9H2,1H3,(H,19,20,22). The number of hydrogen-bond acceptors (Lipinski definition) is 3. The molecule has 0 unspecified atom stereocenters. The number of halogens is 1. The molecule has 2 aromatic rings. The molecular formula is C17H18ClN3O2. The normalized spacial score (nSPS) is 10.2. The van der Waals surface area contributed by atoms with Gasteiger partial charge in [0.25, 0.3) is 0 Å². The van der Waals surface area contributed by atoms with E-state index in [0.717, 1.165) is 5.69 Å². The van der Waals surface area contributed by atoms with Crippen LogP contribution >= 0.6 is 11.6 Å². The third kappa shape index (κ3) is 5.38. The molecule has 120 valence electrons. The lowest BCUT2D eigenvalue weighted by Gasteiger charge is -2.17. The van der Waals surface area contributed by atoms with Gasteiger partial charge in [-0.2, -0.15) is 0 Å². The van der Waals surface area contributed by atoms with Crippen LogP contribution in [0.15, 0.2) is 48.7 Å². The van der Waals surface area contributed by atoms with Crippen molar-refractivity contribution in [2.24, 2.45) is 0 Å². The number of anilines is 2. The summed E-state index contributed by atoms with van der Waals surface area (Å²) in [5.41, 5.74) is 0.838. The van der Waals surface area contributed by atoms with Crippen LogP contribution in [0.25, 0.3) is 0 Å². The number of amides is 2. The van der Waals surface area contributed by atoms with Crippen LogP contribution in [-0.4, -0.2) is 23.8 Å². The van der Waals surface area contributed by atoms with Gasteiger partial charge in [-0.15, -0.1) is 0 Å². The molecule has 1 heterocycles. The summed E-state index contributed by atoms with van der Waals surface area (Å²) >= 11 is 5.83. The predicted octanol–water partition coefficient (Wildman–Crippen LogP) is 3.51. The maximum absolute atomic E-state index is 12.1. The molecule has 2 amide bonds. The molecule has 2 rings (SSSR count). The third-order valence-electron chi connectivity index (χ3n) is 3.30. The predicted molar refractivity (Wildman–Crippen MR) is 91.6 cm³/mol. The van der Waals surface area contributed by atoms with Crippen molar-refractivity contribution in [1.82, 2.24) is 4.98 Å². The number of carbonyl (C=O) groups excluding carboxylic acids is 2. The minimum Gasteiger partial charge on any atom is -0.316 e. The van der Waals surface area contributed by atoms with Gasteiger partial charge < -0.3 is 10.2 Å². The van der Waals surface area contributed by atoms with Gasteiger partial charge >= 0.3 is 0 Å². The lowest BCUT2D eigenvalue weighted by molar-refractivity contribution is -0.118. The minimum absolute atomic E-state index is 0.0233. The lowest BCUT2D eigenvalue weighted by Crippen LogP contribution is -2.26. The van der Waals surface area contributed by atoms with Crippen LogP contribution in [0.3, 0.4) is 0 Å². The fourth-order valence-electron chi connectivity index (χ4n) is 2.04. The van der Waals surface area contributed by atoms with E-state index < -0.39 is 0 Å². The van der Waals surface area contributed by atoms with Gasteiger partial charge in [0.15, 0.2) is 0 Å². The lowest BCUT2D eigenvalue weighted by atomic mass is 10.2. The second kappa shape index (κ2) is 8.29. The van der Waals surface area contributed by atoms with Gasteiger partial charge in [0.05, 0.1) is 0 Å².